The van der Waals surface area contributed by atoms with E-state index in [1.54, 1.807) is 6.92 Å². The van der Waals surface area contributed by atoms with Crippen molar-refractivity contribution >= 4 is 5.97 Å². The van der Waals surface area contributed by atoms with Crippen LogP contribution in [0.15, 0.2) is 23.8 Å². The second kappa shape index (κ2) is 4.72. The van der Waals surface area contributed by atoms with Crippen molar-refractivity contribution < 1.29 is 9.90 Å². The lowest BCUT2D eigenvalue weighted by molar-refractivity contribution is -0.131. The number of rotatable bonds is 3. The van der Waals surface area contributed by atoms with Crippen molar-refractivity contribution in [1.29, 1.82) is 0 Å². The second-order valence-corrected chi connectivity index (χ2v) is 2.83. The highest BCUT2D eigenvalue weighted by atomic mass is 16.4. The first-order valence-corrected chi connectivity index (χ1v) is 3.62. The van der Waals surface area contributed by atoms with Crippen molar-refractivity contribution in [3.05, 3.63) is 23.8 Å². The molecule has 0 atom stereocenters. The third kappa shape index (κ3) is 6.84. The van der Waals surface area contributed by atoms with E-state index in [-0.39, 0.29) is 0 Å². The molecule has 0 spiro atoms. The SMILES string of the molecule is CC(=C/C(=O)O)/C=C/C(C)C. The number of hydrogen-bond acceptors (Lipinski definition) is 1. The summed E-state index contributed by atoms with van der Waals surface area (Å²) in [4.78, 5) is 10.1. The van der Waals surface area contributed by atoms with E-state index in [1.165, 1.54) is 6.08 Å². The van der Waals surface area contributed by atoms with Crippen LogP contribution in [-0.2, 0) is 4.79 Å². The molecule has 1 N–H and O–H groups in total. The molecule has 0 radical (unpaired) electrons. The van der Waals surface area contributed by atoms with Crippen LogP contribution in [0.2, 0.25) is 0 Å². The van der Waals surface area contributed by atoms with Crippen LogP contribution in [-0.4, -0.2) is 11.1 Å². The summed E-state index contributed by atoms with van der Waals surface area (Å²) < 4.78 is 0. The van der Waals surface area contributed by atoms with Crippen molar-refractivity contribution in [2.75, 3.05) is 0 Å². The van der Waals surface area contributed by atoms with Gasteiger partial charge in [0.2, 0.25) is 0 Å². The van der Waals surface area contributed by atoms with Crippen LogP contribution in [0.5, 0.6) is 0 Å². The fraction of sp³-hybridized carbons (Fsp3) is 0.444. The largest absolute Gasteiger partial charge is 0.478 e. The zero-order chi connectivity index (χ0) is 8.85. The summed E-state index contributed by atoms with van der Waals surface area (Å²) in [5, 5.41) is 8.34. The number of carboxylic acids is 1. The quantitative estimate of drug-likeness (QED) is 0.500. The van der Waals surface area contributed by atoms with Crippen LogP contribution in [0.25, 0.3) is 0 Å². The van der Waals surface area contributed by atoms with Gasteiger partial charge in [-0.15, -0.1) is 0 Å². The Hall–Kier alpha value is -1.05. The molecule has 0 aromatic rings. The molecule has 62 valence electrons. The average Bonchev–Trinajstić information content (AvgIpc) is 1.82. The molecule has 0 fully saturated rings. The van der Waals surface area contributed by atoms with E-state index in [0.29, 0.717) is 5.92 Å². The Kier molecular flexibility index (Phi) is 4.27. The highest BCUT2D eigenvalue weighted by Crippen LogP contribution is 1.99. The molecule has 11 heavy (non-hydrogen) atoms. The minimum Gasteiger partial charge on any atom is -0.478 e. The normalized spacial score (nSPS) is 12.9. The maximum atomic E-state index is 10.1. The van der Waals surface area contributed by atoms with Crippen LogP contribution >= 0.6 is 0 Å². The summed E-state index contributed by atoms with van der Waals surface area (Å²) in [6.07, 6.45) is 4.98. The van der Waals surface area contributed by atoms with E-state index < -0.39 is 5.97 Å². The monoisotopic (exact) mass is 154 g/mol. The Bertz CT molecular complexity index is 188. The summed E-state index contributed by atoms with van der Waals surface area (Å²) in [6, 6.07) is 0. The Balaban J connectivity index is 4.06. The van der Waals surface area contributed by atoms with E-state index in [0.717, 1.165) is 5.57 Å². The number of hydrogen-bond donors (Lipinski definition) is 1. The van der Waals surface area contributed by atoms with E-state index in [1.807, 2.05) is 26.0 Å². The van der Waals surface area contributed by atoms with Crippen molar-refractivity contribution in [2.45, 2.75) is 20.8 Å². The Morgan fingerprint density at radius 3 is 2.36 bits per heavy atom. The number of allylic oxidation sites excluding steroid dienone is 3. The molecule has 0 saturated heterocycles. The van der Waals surface area contributed by atoms with Crippen LogP contribution in [0.4, 0.5) is 0 Å². The molecule has 0 aliphatic carbocycles. The van der Waals surface area contributed by atoms with Gasteiger partial charge in [-0.3, -0.25) is 0 Å². The van der Waals surface area contributed by atoms with Gasteiger partial charge in [-0.05, 0) is 18.4 Å². The molecule has 0 aliphatic rings. The van der Waals surface area contributed by atoms with E-state index in [2.05, 4.69) is 0 Å². The predicted octanol–water partition coefficient (Wildman–Crippen LogP) is 2.23. The molecule has 2 nitrogen and oxygen atoms in total. The predicted molar refractivity (Wildman–Crippen MR) is 45.4 cm³/mol. The van der Waals surface area contributed by atoms with Gasteiger partial charge in [0.25, 0.3) is 0 Å². The molecular formula is C9H14O2. The van der Waals surface area contributed by atoms with Crippen molar-refractivity contribution in [3.8, 4) is 0 Å². The minimum atomic E-state index is -0.893. The van der Waals surface area contributed by atoms with Gasteiger partial charge in [-0.2, -0.15) is 0 Å². The number of carboxylic acid groups (broad SMARTS) is 1. The van der Waals surface area contributed by atoms with Gasteiger partial charge in [-0.25, -0.2) is 4.79 Å². The van der Waals surface area contributed by atoms with E-state index in [4.69, 9.17) is 5.11 Å². The Labute approximate surface area is 67.2 Å². The van der Waals surface area contributed by atoms with Crippen molar-refractivity contribution in [3.63, 3.8) is 0 Å². The molecule has 0 amide bonds. The summed E-state index contributed by atoms with van der Waals surface area (Å²) in [7, 11) is 0. The molecule has 2 heteroatoms. The summed E-state index contributed by atoms with van der Waals surface area (Å²) >= 11 is 0. The zero-order valence-corrected chi connectivity index (χ0v) is 7.16. The third-order valence-corrected chi connectivity index (χ3v) is 1.10. The minimum absolute atomic E-state index is 0.465. The van der Waals surface area contributed by atoms with Gasteiger partial charge in [0.05, 0.1) is 0 Å². The summed E-state index contributed by atoms with van der Waals surface area (Å²) in [5.41, 5.74) is 0.770. The van der Waals surface area contributed by atoms with Crippen molar-refractivity contribution in [2.24, 2.45) is 5.92 Å². The number of carbonyl (C=O) groups is 1. The molecule has 0 aromatic carbocycles. The lowest BCUT2D eigenvalue weighted by Crippen LogP contribution is -1.88. The van der Waals surface area contributed by atoms with Crippen molar-refractivity contribution in [1.82, 2.24) is 0 Å². The maximum absolute atomic E-state index is 10.1. The van der Waals surface area contributed by atoms with Gasteiger partial charge in [-0.1, -0.05) is 26.0 Å². The zero-order valence-electron chi connectivity index (χ0n) is 7.16. The molecule has 0 heterocycles. The maximum Gasteiger partial charge on any atom is 0.328 e. The van der Waals surface area contributed by atoms with Crippen LogP contribution in [0.3, 0.4) is 0 Å². The van der Waals surface area contributed by atoms with Crippen LogP contribution in [0, 0.1) is 5.92 Å². The average molecular weight is 154 g/mol. The first-order valence-electron chi connectivity index (χ1n) is 3.62. The van der Waals surface area contributed by atoms with Gasteiger partial charge in [0, 0.05) is 6.08 Å². The van der Waals surface area contributed by atoms with Gasteiger partial charge in [0.15, 0.2) is 0 Å². The summed E-state index contributed by atoms with van der Waals surface area (Å²) in [5.74, 6) is -0.428. The fourth-order valence-electron chi connectivity index (χ4n) is 0.587. The highest BCUT2D eigenvalue weighted by molar-refractivity contribution is 5.81. The molecular weight excluding hydrogens is 140 g/mol. The highest BCUT2D eigenvalue weighted by Gasteiger charge is 1.89. The molecule has 0 bridgehead atoms. The van der Waals surface area contributed by atoms with E-state index >= 15 is 0 Å². The lowest BCUT2D eigenvalue weighted by atomic mass is 10.1. The van der Waals surface area contributed by atoms with Crippen LogP contribution in [0.1, 0.15) is 20.8 Å². The standard InChI is InChI=1S/C9H14O2/c1-7(2)4-5-8(3)6-9(10)11/h4-7H,1-3H3,(H,10,11)/b5-4+,8-6-. The molecule has 0 unspecified atom stereocenters. The molecule has 0 rings (SSSR count). The first-order chi connectivity index (χ1) is 5.02. The smallest absolute Gasteiger partial charge is 0.328 e. The van der Waals surface area contributed by atoms with Crippen LogP contribution < -0.4 is 0 Å². The third-order valence-electron chi connectivity index (χ3n) is 1.10. The second-order valence-electron chi connectivity index (χ2n) is 2.83. The molecule has 0 saturated carbocycles. The Morgan fingerprint density at radius 1 is 1.45 bits per heavy atom. The summed E-state index contributed by atoms with van der Waals surface area (Å²) in [6.45, 7) is 5.86. The Morgan fingerprint density at radius 2 is 2.00 bits per heavy atom. The molecule has 0 aromatic heterocycles. The molecule has 0 aliphatic heterocycles. The van der Waals surface area contributed by atoms with Gasteiger partial charge < -0.3 is 5.11 Å². The van der Waals surface area contributed by atoms with Gasteiger partial charge >= 0.3 is 5.97 Å². The first kappa shape index (κ1) is 9.95. The van der Waals surface area contributed by atoms with Gasteiger partial charge in [0.1, 0.15) is 0 Å². The topological polar surface area (TPSA) is 37.3 Å². The lowest BCUT2D eigenvalue weighted by Gasteiger charge is -1.93. The number of aliphatic carboxylic acids is 1. The van der Waals surface area contributed by atoms with E-state index in [9.17, 15) is 4.79 Å². The fourth-order valence-corrected chi connectivity index (χ4v) is 0.587.